The van der Waals surface area contributed by atoms with Crippen molar-refractivity contribution >= 4 is 16.7 Å². The Bertz CT molecular complexity index is 921. The van der Waals surface area contributed by atoms with Crippen molar-refractivity contribution < 1.29 is 4.79 Å². The highest BCUT2D eigenvalue weighted by molar-refractivity contribution is 5.92. The average molecular weight is 362 g/mol. The normalized spacial score (nSPS) is 17.1. The number of aromatic nitrogens is 2. The van der Waals surface area contributed by atoms with Crippen LogP contribution >= 0.6 is 0 Å². The third kappa shape index (κ3) is 3.88. The molecule has 1 amide bonds. The molecule has 0 aliphatic carbocycles. The molecule has 1 saturated heterocycles. The molecule has 5 nitrogen and oxygen atoms in total. The van der Waals surface area contributed by atoms with Gasteiger partial charge in [-0.05, 0) is 48.2 Å². The van der Waals surface area contributed by atoms with E-state index >= 15 is 0 Å². The fourth-order valence-electron chi connectivity index (χ4n) is 3.81. The van der Waals surface area contributed by atoms with Crippen molar-refractivity contribution in [2.45, 2.75) is 25.3 Å². The molecule has 1 aliphatic rings. The molecule has 0 radical (unpaired) electrons. The zero-order valence-electron chi connectivity index (χ0n) is 15.8. The Morgan fingerprint density at radius 3 is 2.93 bits per heavy atom. The minimum absolute atomic E-state index is 0.0160. The van der Waals surface area contributed by atoms with Crippen molar-refractivity contribution in [3.63, 3.8) is 0 Å². The van der Waals surface area contributed by atoms with Crippen LogP contribution in [0.15, 0.2) is 54.7 Å². The summed E-state index contributed by atoms with van der Waals surface area (Å²) in [6.45, 7) is 2.66. The molecule has 140 valence electrons. The molecule has 0 saturated carbocycles. The van der Waals surface area contributed by atoms with Crippen LogP contribution < -0.4 is 5.32 Å². The van der Waals surface area contributed by atoms with Gasteiger partial charge in [-0.15, -0.1) is 0 Å². The largest absolute Gasteiger partial charge is 0.340 e. The van der Waals surface area contributed by atoms with Gasteiger partial charge in [0.05, 0.1) is 6.04 Å². The summed E-state index contributed by atoms with van der Waals surface area (Å²) in [7, 11) is 1.86. The molecule has 0 spiro atoms. The van der Waals surface area contributed by atoms with E-state index in [1.807, 2.05) is 24.0 Å². The summed E-state index contributed by atoms with van der Waals surface area (Å²) in [4.78, 5) is 14.5. The minimum atomic E-state index is -0.0160. The van der Waals surface area contributed by atoms with Gasteiger partial charge in [-0.1, -0.05) is 42.5 Å². The van der Waals surface area contributed by atoms with Crippen LogP contribution in [-0.2, 0) is 6.42 Å². The first-order valence-corrected chi connectivity index (χ1v) is 9.70. The van der Waals surface area contributed by atoms with Crippen molar-refractivity contribution in [2.75, 3.05) is 26.7 Å². The molecule has 27 heavy (non-hydrogen) atoms. The van der Waals surface area contributed by atoms with Gasteiger partial charge in [-0.2, -0.15) is 5.10 Å². The molecule has 1 aromatic heterocycles. The van der Waals surface area contributed by atoms with Gasteiger partial charge in [0.1, 0.15) is 5.69 Å². The highest BCUT2D eigenvalue weighted by Crippen LogP contribution is 2.19. The second-order valence-corrected chi connectivity index (χ2v) is 7.30. The number of benzene rings is 2. The highest BCUT2D eigenvalue weighted by atomic mass is 16.2. The number of rotatable bonds is 5. The summed E-state index contributed by atoms with van der Waals surface area (Å²) in [5.74, 6) is -0.0160. The molecule has 1 atom stereocenters. The van der Waals surface area contributed by atoms with Crippen LogP contribution in [0, 0.1) is 0 Å². The molecule has 4 rings (SSSR count). The maximum absolute atomic E-state index is 12.8. The summed E-state index contributed by atoms with van der Waals surface area (Å²) in [6, 6.07) is 16.9. The second kappa shape index (κ2) is 7.92. The van der Waals surface area contributed by atoms with Gasteiger partial charge in [-0.25, -0.2) is 0 Å². The SMILES string of the molecule is CN(CCc1cccc2ccccc12)C(=O)c1ccn(C2CCCNC2)n1. The van der Waals surface area contributed by atoms with Crippen molar-refractivity contribution in [1.29, 1.82) is 0 Å². The lowest BCUT2D eigenvalue weighted by Gasteiger charge is -2.23. The number of carbonyl (C=O) groups excluding carboxylic acids is 1. The molecular weight excluding hydrogens is 336 g/mol. The van der Waals surface area contributed by atoms with Crippen LogP contribution in [0.1, 0.15) is 34.9 Å². The Hall–Kier alpha value is -2.66. The molecule has 1 aliphatic heterocycles. The third-order valence-electron chi connectivity index (χ3n) is 5.42. The van der Waals surface area contributed by atoms with E-state index in [9.17, 15) is 4.79 Å². The first kappa shape index (κ1) is 17.7. The van der Waals surface area contributed by atoms with Crippen molar-refractivity contribution in [2.24, 2.45) is 0 Å². The predicted octanol–water partition coefficient (Wildman–Crippen LogP) is 3.28. The summed E-state index contributed by atoms with van der Waals surface area (Å²) < 4.78 is 1.94. The number of nitrogens with one attached hydrogen (secondary N) is 1. The first-order valence-electron chi connectivity index (χ1n) is 9.70. The van der Waals surface area contributed by atoms with E-state index in [0.717, 1.165) is 32.4 Å². The molecule has 1 N–H and O–H groups in total. The number of amides is 1. The summed E-state index contributed by atoms with van der Waals surface area (Å²) in [5.41, 5.74) is 1.80. The fourth-order valence-corrected chi connectivity index (χ4v) is 3.81. The first-order chi connectivity index (χ1) is 13.2. The number of piperidine rings is 1. The van der Waals surface area contributed by atoms with Crippen LogP contribution in [-0.4, -0.2) is 47.3 Å². The standard InChI is InChI=1S/C22H26N4O/c1-25(14-11-18-8-4-7-17-6-2-3-10-20(17)18)22(27)21-12-15-26(24-21)19-9-5-13-23-16-19/h2-4,6-8,10,12,15,19,23H,5,9,11,13-14,16H2,1H3. The fraction of sp³-hybridized carbons (Fsp3) is 0.364. The molecular formula is C22H26N4O. The van der Waals surface area contributed by atoms with E-state index in [1.54, 1.807) is 4.90 Å². The number of fused-ring (bicyclic) bond motifs is 1. The van der Waals surface area contributed by atoms with Gasteiger partial charge in [0.25, 0.3) is 5.91 Å². The van der Waals surface area contributed by atoms with Crippen LogP contribution in [0.3, 0.4) is 0 Å². The predicted molar refractivity (Wildman–Crippen MR) is 108 cm³/mol. The van der Waals surface area contributed by atoms with Gasteiger partial charge < -0.3 is 10.2 Å². The maximum Gasteiger partial charge on any atom is 0.274 e. The average Bonchev–Trinajstić information content (AvgIpc) is 3.22. The van der Waals surface area contributed by atoms with Gasteiger partial charge in [0.2, 0.25) is 0 Å². The number of hydrogen-bond donors (Lipinski definition) is 1. The molecule has 0 bridgehead atoms. The van der Waals surface area contributed by atoms with E-state index < -0.39 is 0 Å². The van der Waals surface area contributed by atoms with E-state index in [0.29, 0.717) is 18.3 Å². The van der Waals surface area contributed by atoms with Crippen LogP contribution in [0.2, 0.25) is 0 Å². The van der Waals surface area contributed by atoms with Crippen molar-refractivity contribution in [3.8, 4) is 0 Å². The quantitative estimate of drug-likeness (QED) is 0.758. The van der Waals surface area contributed by atoms with Crippen LogP contribution in [0.4, 0.5) is 0 Å². The smallest absolute Gasteiger partial charge is 0.274 e. The summed E-state index contributed by atoms with van der Waals surface area (Å²) in [6.07, 6.45) is 5.03. The lowest BCUT2D eigenvalue weighted by Crippen LogP contribution is -2.32. The molecule has 1 fully saturated rings. The van der Waals surface area contributed by atoms with E-state index in [4.69, 9.17) is 0 Å². The van der Waals surface area contributed by atoms with Crippen LogP contribution in [0.25, 0.3) is 10.8 Å². The lowest BCUT2D eigenvalue weighted by molar-refractivity contribution is 0.0789. The Kier molecular flexibility index (Phi) is 5.21. The molecule has 2 aromatic carbocycles. The van der Waals surface area contributed by atoms with Gasteiger partial charge in [0, 0.05) is 26.3 Å². The van der Waals surface area contributed by atoms with Crippen LogP contribution in [0.5, 0.6) is 0 Å². The van der Waals surface area contributed by atoms with Gasteiger partial charge >= 0.3 is 0 Å². The monoisotopic (exact) mass is 362 g/mol. The second-order valence-electron chi connectivity index (χ2n) is 7.30. The highest BCUT2D eigenvalue weighted by Gasteiger charge is 2.19. The molecule has 2 heterocycles. The zero-order chi connectivity index (χ0) is 18.6. The number of carbonyl (C=O) groups is 1. The molecule has 3 aromatic rings. The summed E-state index contributed by atoms with van der Waals surface area (Å²) >= 11 is 0. The number of hydrogen-bond acceptors (Lipinski definition) is 3. The Morgan fingerprint density at radius 2 is 2.07 bits per heavy atom. The topological polar surface area (TPSA) is 50.2 Å². The zero-order valence-corrected chi connectivity index (χ0v) is 15.8. The Balaban J connectivity index is 1.41. The Morgan fingerprint density at radius 1 is 1.22 bits per heavy atom. The minimum Gasteiger partial charge on any atom is -0.340 e. The van der Waals surface area contributed by atoms with Gasteiger partial charge in [-0.3, -0.25) is 9.48 Å². The van der Waals surface area contributed by atoms with E-state index in [1.165, 1.54) is 16.3 Å². The number of likely N-dealkylation sites (N-methyl/N-ethyl adjacent to an activating group) is 1. The summed E-state index contributed by atoms with van der Waals surface area (Å²) in [5, 5.41) is 10.4. The van der Waals surface area contributed by atoms with E-state index in [2.05, 4.69) is 52.9 Å². The lowest BCUT2D eigenvalue weighted by atomic mass is 10.0. The number of nitrogens with zero attached hydrogens (tertiary/aromatic N) is 3. The van der Waals surface area contributed by atoms with Gasteiger partial charge in [0.15, 0.2) is 0 Å². The maximum atomic E-state index is 12.8. The van der Waals surface area contributed by atoms with Crippen molar-refractivity contribution in [3.05, 3.63) is 66.0 Å². The van der Waals surface area contributed by atoms with Crippen molar-refractivity contribution in [1.82, 2.24) is 20.0 Å². The van der Waals surface area contributed by atoms with E-state index in [-0.39, 0.29) is 5.91 Å². The molecule has 1 unspecified atom stereocenters. The Labute approximate surface area is 160 Å². The molecule has 5 heteroatoms. The third-order valence-corrected chi connectivity index (χ3v) is 5.42.